The lowest BCUT2D eigenvalue weighted by Crippen LogP contribution is -2.05. The zero-order valence-electron chi connectivity index (χ0n) is 19.5. The summed E-state index contributed by atoms with van der Waals surface area (Å²) in [7, 11) is -1.91. The fourth-order valence-corrected chi connectivity index (χ4v) is 4.36. The molecule has 0 atom stereocenters. The van der Waals surface area contributed by atoms with E-state index in [4.69, 9.17) is 14.2 Å². The van der Waals surface area contributed by atoms with Crippen LogP contribution in [0.25, 0.3) is 22.3 Å². The Morgan fingerprint density at radius 2 is 1.69 bits per heavy atom. The molecule has 0 saturated carbocycles. The molecule has 0 aliphatic heterocycles. The van der Waals surface area contributed by atoms with Crippen LogP contribution in [0.5, 0.6) is 28.9 Å². The number of aromatic nitrogens is 4. The maximum atomic E-state index is 12.1. The van der Waals surface area contributed by atoms with Crippen LogP contribution in [0.3, 0.4) is 0 Å². The van der Waals surface area contributed by atoms with Gasteiger partial charge in [0.05, 0.1) is 30.4 Å². The number of nitrogens with one attached hydrogen (secondary N) is 1. The minimum absolute atomic E-state index is 0.00462. The van der Waals surface area contributed by atoms with Crippen LogP contribution in [0.4, 0.5) is 0 Å². The predicted molar refractivity (Wildman–Crippen MR) is 134 cm³/mol. The second-order valence-corrected chi connectivity index (χ2v) is 9.96. The number of hydrogen-bond donors (Lipinski definition) is 1. The summed E-state index contributed by atoms with van der Waals surface area (Å²) in [6.07, 6.45) is 4.71. The molecule has 0 amide bonds. The summed E-state index contributed by atoms with van der Waals surface area (Å²) < 4.78 is 41.8. The molecular formula is C26H22N4O5S. The van der Waals surface area contributed by atoms with Gasteiger partial charge >= 0.3 is 0 Å². The van der Waals surface area contributed by atoms with Crippen molar-refractivity contribution in [3.05, 3.63) is 79.3 Å². The molecule has 36 heavy (non-hydrogen) atoms. The largest absolute Gasteiger partial charge is 0.478 e. The summed E-state index contributed by atoms with van der Waals surface area (Å²) in [4.78, 5) is 16.0. The number of ether oxygens (including phenoxy) is 3. The summed E-state index contributed by atoms with van der Waals surface area (Å²) in [6.45, 7) is 1.57. The molecule has 5 aromatic rings. The van der Waals surface area contributed by atoms with Gasteiger partial charge in [0, 0.05) is 29.4 Å². The van der Waals surface area contributed by atoms with Crippen molar-refractivity contribution >= 4 is 20.7 Å². The van der Waals surface area contributed by atoms with Gasteiger partial charge in [-0.3, -0.25) is 4.98 Å². The van der Waals surface area contributed by atoms with Gasteiger partial charge in [0.25, 0.3) is 5.88 Å². The molecule has 0 radical (unpaired) electrons. The number of sulfone groups is 1. The van der Waals surface area contributed by atoms with Crippen molar-refractivity contribution < 1.29 is 22.6 Å². The van der Waals surface area contributed by atoms with E-state index in [1.807, 2.05) is 36.4 Å². The maximum Gasteiger partial charge on any atom is 0.257 e. The quantitative estimate of drug-likeness (QED) is 0.300. The molecule has 0 spiro atoms. The first-order valence-electron chi connectivity index (χ1n) is 11.1. The van der Waals surface area contributed by atoms with Crippen LogP contribution in [0.15, 0.2) is 84.3 Å². The average molecular weight is 503 g/mol. The van der Waals surface area contributed by atoms with Crippen LogP contribution in [-0.4, -0.2) is 41.2 Å². The highest BCUT2D eigenvalue weighted by atomic mass is 32.2. The van der Waals surface area contributed by atoms with Gasteiger partial charge in [-0.15, -0.1) is 0 Å². The Morgan fingerprint density at radius 1 is 0.861 bits per heavy atom. The van der Waals surface area contributed by atoms with Crippen LogP contribution in [0.2, 0.25) is 0 Å². The molecule has 9 nitrogen and oxygen atoms in total. The van der Waals surface area contributed by atoms with Gasteiger partial charge in [-0.2, -0.15) is 0 Å². The normalized spacial score (nSPS) is 11.4. The van der Waals surface area contributed by atoms with Gasteiger partial charge in [-0.1, -0.05) is 13.0 Å². The molecule has 0 bridgehead atoms. The Morgan fingerprint density at radius 3 is 2.42 bits per heavy atom. The number of nitrogens with zero attached hydrogens (tertiary/aromatic N) is 3. The molecule has 1 aromatic carbocycles. The first kappa shape index (κ1) is 23.3. The van der Waals surface area contributed by atoms with E-state index in [1.165, 1.54) is 19.4 Å². The Balaban J connectivity index is 1.57. The number of benzene rings is 1. The highest BCUT2D eigenvalue weighted by Gasteiger charge is 2.17. The molecular weight excluding hydrogens is 480 g/mol. The number of pyridine rings is 3. The van der Waals surface area contributed by atoms with E-state index < -0.39 is 9.84 Å². The van der Waals surface area contributed by atoms with Crippen molar-refractivity contribution in [2.75, 3.05) is 12.9 Å². The molecule has 0 fully saturated rings. The average Bonchev–Trinajstić information content (AvgIpc) is 3.33. The fraction of sp³-hybridized carbons (Fsp3) is 0.115. The predicted octanol–water partition coefficient (Wildman–Crippen LogP) is 5.41. The third kappa shape index (κ3) is 4.71. The molecule has 0 saturated heterocycles. The third-order valence-electron chi connectivity index (χ3n) is 5.41. The van der Waals surface area contributed by atoms with Gasteiger partial charge in [0.2, 0.25) is 0 Å². The molecule has 4 heterocycles. The van der Waals surface area contributed by atoms with Crippen LogP contribution < -0.4 is 14.2 Å². The molecule has 10 heteroatoms. The topological polar surface area (TPSA) is 116 Å². The lowest BCUT2D eigenvalue weighted by molar-refractivity contribution is 0.356. The van der Waals surface area contributed by atoms with Crippen molar-refractivity contribution in [2.45, 2.75) is 11.9 Å². The molecule has 0 aliphatic carbocycles. The maximum absolute atomic E-state index is 12.1. The summed E-state index contributed by atoms with van der Waals surface area (Å²) in [5.41, 5.74) is 2.44. The van der Waals surface area contributed by atoms with Crippen LogP contribution >= 0.6 is 0 Å². The zero-order chi connectivity index (χ0) is 25.1. The molecule has 1 N–H and O–H groups in total. The summed E-state index contributed by atoms with van der Waals surface area (Å²) in [6, 6.07) is 17.8. The second kappa shape index (κ2) is 9.67. The van der Waals surface area contributed by atoms with Gasteiger partial charge in [-0.05, 0) is 48.5 Å². The monoisotopic (exact) mass is 502 g/mol. The van der Waals surface area contributed by atoms with Gasteiger partial charge < -0.3 is 19.2 Å². The number of rotatable bonds is 8. The summed E-state index contributed by atoms with van der Waals surface area (Å²) in [5, 5.41) is 0.865. The molecule has 0 unspecified atom stereocenters. The number of hydrogen-bond acceptors (Lipinski definition) is 8. The molecule has 0 aliphatic rings. The lowest BCUT2D eigenvalue weighted by atomic mass is 10.2. The third-order valence-corrected chi connectivity index (χ3v) is 7.05. The van der Waals surface area contributed by atoms with Gasteiger partial charge in [-0.25, -0.2) is 18.4 Å². The molecule has 4 aromatic heterocycles. The minimum atomic E-state index is -3.42. The van der Waals surface area contributed by atoms with E-state index in [1.54, 1.807) is 37.5 Å². The van der Waals surface area contributed by atoms with Crippen molar-refractivity contribution in [2.24, 2.45) is 0 Å². The smallest absolute Gasteiger partial charge is 0.257 e. The Labute approximate surface area is 207 Å². The van der Waals surface area contributed by atoms with E-state index >= 15 is 0 Å². The summed E-state index contributed by atoms with van der Waals surface area (Å²) in [5.74, 6) is 1.84. The molecule has 5 rings (SSSR count). The highest BCUT2D eigenvalue weighted by molar-refractivity contribution is 7.91. The van der Waals surface area contributed by atoms with Crippen molar-refractivity contribution in [3.63, 3.8) is 0 Å². The van der Waals surface area contributed by atoms with E-state index in [9.17, 15) is 8.42 Å². The first-order chi connectivity index (χ1) is 17.5. The fourth-order valence-electron chi connectivity index (χ4n) is 3.57. The first-order valence-corrected chi connectivity index (χ1v) is 12.7. The van der Waals surface area contributed by atoms with Gasteiger partial charge in [0.1, 0.15) is 5.75 Å². The van der Waals surface area contributed by atoms with Crippen molar-refractivity contribution in [1.29, 1.82) is 0 Å². The highest BCUT2D eigenvalue weighted by Crippen LogP contribution is 2.40. The zero-order valence-corrected chi connectivity index (χ0v) is 20.3. The second-order valence-electron chi connectivity index (χ2n) is 7.73. The van der Waals surface area contributed by atoms with Crippen LogP contribution in [0.1, 0.15) is 6.92 Å². The SMILES string of the molecule is CCS(=O)(=O)c1ccc(Oc2cc3cc(-c4ccccn4)[nH]c3cc2Oc2cccnc2OC)cn1. The van der Waals surface area contributed by atoms with Crippen molar-refractivity contribution in [3.8, 4) is 40.3 Å². The van der Waals surface area contributed by atoms with E-state index in [0.29, 0.717) is 28.9 Å². The Kier molecular flexibility index (Phi) is 6.26. The lowest BCUT2D eigenvalue weighted by Gasteiger charge is -2.14. The minimum Gasteiger partial charge on any atom is -0.478 e. The van der Waals surface area contributed by atoms with Crippen molar-refractivity contribution in [1.82, 2.24) is 19.9 Å². The molecule has 182 valence electrons. The number of fused-ring (bicyclic) bond motifs is 1. The van der Waals surface area contributed by atoms with E-state index in [0.717, 1.165) is 22.3 Å². The number of methoxy groups -OCH3 is 1. The van der Waals surface area contributed by atoms with Gasteiger partial charge in [0.15, 0.2) is 32.1 Å². The Hall–Kier alpha value is -4.44. The van der Waals surface area contributed by atoms with Crippen LogP contribution in [0, 0.1) is 0 Å². The number of H-pyrrole nitrogens is 1. The van der Waals surface area contributed by atoms with Crippen LogP contribution in [-0.2, 0) is 9.84 Å². The van der Waals surface area contributed by atoms with E-state index in [2.05, 4.69) is 19.9 Å². The summed E-state index contributed by atoms with van der Waals surface area (Å²) >= 11 is 0. The number of aromatic amines is 1. The van der Waals surface area contributed by atoms with E-state index in [-0.39, 0.29) is 10.8 Å². The Bertz CT molecular complexity index is 1620. The standard InChI is InChI=1S/C26H22N4O5S/c1-3-36(31,32)25-10-9-18(16-29-25)34-23-14-17-13-21(19-7-4-5-11-27-19)30-20(17)15-24(23)35-22-8-6-12-28-26(22)33-2/h4-16,30H,3H2,1-2H3.